The van der Waals surface area contributed by atoms with Gasteiger partial charge in [0.1, 0.15) is 18.8 Å². The van der Waals surface area contributed by atoms with Crippen molar-refractivity contribution in [3.05, 3.63) is 24.3 Å². The van der Waals surface area contributed by atoms with Crippen LogP contribution in [0.1, 0.15) is 303 Å². The highest BCUT2D eigenvalue weighted by Gasteiger charge is 2.50. The summed E-state index contributed by atoms with van der Waals surface area (Å²) in [5.41, 5.74) is 0. The Morgan fingerprint density at radius 3 is 1.15 bits per heavy atom. The number of hydrogen-bond donors (Lipinski definition) is 3. The molecular weight excluding hydrogens is 949 g/mol. The summed E-state index contributed by atoms with van der Waals surface area (Å²) in [6, 6.07) is 0. The molecule has 1 heterocycles. The average Bonchev–Trinajstić information content (AvgIpc) is 3.39. The predicted octanol–water partition coefficient (Wildman–Crippen LogP) is 16.2. The fourth-order valence-electron chi connectivity index (χ4n) is 9.65. The first-order chi connectivity index (χ1) is 36.6. The molecule has 0 aromatic carbocycles. The summed E-state index contributed by atoms with van der Waals surface area (Å²) in [4.78, 5) is 51.2. The lowest BCUT2D eigenvalue weighted by Crippen LogP contribution is -2.61. The number of carbonyl (C=O) groups is 4. The van der Waals surface area contributed by atoms with Crippen LogP contribution in [0.15, 0.2) is 24.3 Å². The van der Waals surface area contributed by atoms with Crippen molar-refractivity contribution in [3.8, 4) is 0 Å². The number of carboxylic acids is 1. The zero-order valence-electron chi connectivity index (χ0n) is 48.3. The van der Waals surface area contributed by atoms with E-state index in [1.54, 1.807) is 0 Å². The second-order valence-corrected chi connectivity index (χ2v) is 21.7. The molecule has 0 amide bonds. The summed E-state index contributed by atoms with van der Waals surface area (Å²) in [5, 5.41) is 31.5. The largest absolute Gasteiger partial charge is 0.479 e. The number of hydrogen-bond acceptors (Lipinski definition) is 11. The van der Waals surface area contributed by atoms with E-state index in [9.17, 15) is 34.5 Å². The van der Waals surface area contributed by atoms with Gasteiger partial charge in [-0.3, -0.25) is 14.4 Å². The summed E-state index contributed by atoms with van der Waals surface area (Å²) >= 11 is 0. The molecule has 6 unspecified atom stereocenters. The van der Waals surface area contributed by atoms with E-state index in [-0.39, 0.29) is 25.9 Å². The van der Waals surface area contributed by atoms with Crippen LogP contribution in [0.3, 0.4) is 0 Å². The van der Waals surface area contributed by atoms with E-state index in [2.05, 4.69) is 45.1 Å². The van der Waals surface area contributed by atoms with Crippen LogP contribution in [0.5, 0.6) is 0 Å². The molecule has 0 bridgehead atoms. The Bertz CT molecular complexity index is 1400. The normalized spacial score (nSPS) is 18.2. The van der Waals surface area contributed by atoms with E-state index in [0.717, 1.165) is 89.9 Å². The maximum absolute atomic E-state index is 13.1. The smallest absolute Gasteiger partial charge is 0.335 e. The Morgan fingerprint density at radius 1 is 0.427 bits per heavy atom. The first-order valence-corrected chi connectivity index (χ1v) is 31.3. The summed E-state index contributed by atoms with van der Waals surface area (Å²) < 4.78 is 28.5. The molecule has 438 valence electrons. The summed E-state index contributed by atoms with van der Waals surface area (Å²) in [5.74, 6) is -3.10. The molecule has 0 aromatic heterocycles. The van der Waals surface area contributed by atoms with Crippen molar-refractivity contribution in [3.63, 3.8) is 0 Å². The van der Waals surface area contributed by atoms with E-state index in [1.807, 2.05) is 0 Å². The molecule has 0 aliphatic carbocycles. The number of carboxylic acid groups (broad SMARTS) is 1. The molecule has 1 rings (SSSR count). The van der Waals surface area contributed by atoms with E-state index >= 15 is 0 Å². The molecule has 1 saturated heterocycles. The minimum Gasteiger partial charge on any atom is -0.479 e. The van der Waals surface area contributed by atoms with Gasteiger partial charge in [-0.1, -0.05) is 238 Å². The molecule has 1 fully saturated rings. The fraction of sp³-hybridized carbons (Fsp3) is 0.873. The van der Waals surface area contributed by atoms with Gasteiger partial charge < -0.3 is 39.0 Å². The molecule has 3 N–H and O–H groups in total. The van der Waals surface area contributed by atoms with E-state index in [0.29, 0.717) is 19.3 Å². The number of allylic oxidation sites excluding steroid dienone is 4. The van der Waals surface area contributed by atoms with Crippen molar-refractivity contribution in [1.29, 1.82) is 0 Å². The zero-order valence-corrected chi connectivity index (χ0v) is 48.3. The molecule has 1 aliphatic rings. The van der Waals surface area contributed by atoms with Crippen LogP contribution in [0.2, 0.25) is 0 Å². The lowest BCUT2D eigenvalue weighted by Gasteiger charge is -2.40. The quantitative estimate of drug-likeness (QED) is 0.0228. The summed E-state index contributed by atoms with van der Waals surface area (Å²) in [6.07, 6.45) is 47.1. The molecule has 0 radical (unpaired) electrons. The van der Waals surface area contributed by atoms with Crippen molar-refractivity contribution in [2.75, 3.05) is 13.2 Å². The number of esters is 3. The number of rotatable bonds is 54. The van der Waals surface area contributed by atoms with Crippen LogP contribution < -0.4 is 0 Å². The molecule has 12 heteroatoms. The van der Waals surface area contributed by atoms with Gasteiger partial charge in [-0.25, -0.2) is 4.79 Å². The van der Waals surface area contributed by atoms with Crippen molar-refractivity contribution in [2.45, 2.75) is 340 Å². The van der Waals surface area contributed by atoms with Crippen molar-refractivity contribution in [2.24, 2.45) is 0 Å². The van der Waals surface area contributed by atoms with E-state index in [1.165, 1.54) is 154 Å². The Hall–Kier alpha value is -2.80. The number of unbranched alkanes of at least 4 members (excludes halogenated alkanes) is 36. The third-order valence-electron chi connectivity index (χ3n) is 14.5. The Balaban J connectivity index is 2.64. The number of carbonyl (C=O) groups excluding carboxylic acids is 3. The van der Waals surface area contributed by atoms with Crippen molar-refractivity contribution < 1.29 is 58.2 Å². The highest BCUT2D eigenvalue weighted by atomic mass is 16.7. The summed E-state index contributed by atoms with van der Waals surface area (Å²) in [7, 11) is 0. The highest BCUT2D eigenvalue weighted by molar-refractivity contribution is 5.74. The minimum absolute atomic E-state index is 0.0623. The van der Waals surface area contributed by atoms with Crippen LogP contribution in [-0.4, -0.2) is 89.2 Å². The van der Waals surface area contributed by atoms with Crippen LogP contribution in [0, 0.1) is 0 Å². The van der Waals surface area contributed by atoms with E-state index < -0.39 is 67.3 Å². The summed E-state index contributed by atoms with van der Waals surface area (Å²) in [6.45, 7) is 6.00. The van der Waals surface area contributed by atoms with Gasteiger partial charge in [-0.15, -0.1) is 0 Å². The van der Waals surface area contributed by atoms with Gasteiger partial charge in [-0.2, -0.15) is 0 Å². The number of aliphatic carboxylic acids is 1. The van der Waals surface area contributed by atoms with Gasteiger partial charge in [0.05, 0.1) is 6.61 Å². The third kappa shape index (κ3) is 41.9. The lowest BCUT2D eigenvalue weighted by atomic mass is 9.98. The molecule has 0 saturated carbocycles. The van der Waals surface area contributed by atoms with Crippen molar-refractivity contribution in [1.82, 2.24) is 0 Å². The average molecular weight is 1060 g/mol. The third-order valence-corrected chi connectivity index (χ3v) is 14.5. The molecule has 75 heavy (non-hydrogen) atoms. The van der Waals surface area contributed by atoms with E-state index in [4.69, 9.17) is 23.7 Å². The monoisotopic (exact) mass is 1060 g/mol. The van der Waals surface area contributed by atoms with Gasteiger partial charge in [0, 0.05) is 19.3 Å². The minimum atomic E-state index is -1.90. The van der Waals surface area contributed by atoms with Crippen LogP contribution in [-0.2, 0) is 42.9 Å². The van der Waals surface area contributed by atoms with Crippen LogP contribution >= 0.6 is 0 Å². The maximum atomic E-state index is 13.1. The molecule has 0 aromatic rings. The van der Waals surface area contributed by atoms with Gasteiger partial charge in [0.15, 0.2) is 24.6 Å². The lowest BCUT2D eigenvalue weighted by molar-refractivity contribution is -0.301. The highest BCUT2D eigenvalue weighted by Crippen LogP contribution is 2.27. The Kier molecular flexibility index (Phi) is 48.6. The first kappa shape index (κ1) is 70.2. The van der Waals surface area contributed by atoms with Crippen molar-refractivity contribution >= 4 is 23.9 Å². The van der Waals surface area contributed by atoms with Crippen LogP contribution in [0.25, 0.3) is 0 Å². The Labute approximate surface area is 458 Å². The van der Waals surface area contributed by atoms with Crippen LogP contribution in [0.4, 0.5) is 0 Å². The second-order valence-electron chi connectivity index (χ2n) is 21.7. The Morgan fingerprint density at radius 2 is 0.760 bits per heavy atom. The maximum Gasteiger partial charge on any atom is 0.335 e. The molecular formula is C63H114O12. The molecule has 12 nitrogen and oxygen atoms in total. The standard InChI is InChI=1S/C63H114O12/c1-4-7-10-13-16-19-22-25-26-27-28-29-30-33-36-39-42-45-48-51-57(66)74-61-59(68)58(67)60(62(69)70)75-63(61)72-53-54(73-56(65)50-47-44-41-38-35-32-24-21-18-15-12-9-6-3)52-71-55(64)49-46-43-40-37-34-31-23-20-17-14-11-8-5-2/h20,23,25-26,54,58-61,63,67-68H,4-19,21-22,24,27-53H2,1-3H3,(H,69,70)/b23-20-,26-25-. The molecule has 0 spiro atoms. The van der Waals surface area contributed by atoms with Gasteiger partial charge in [0.2, 0.25) is 0 Å². The second kappa shape index (κ2) is 51.9. The SMILES string of the molecule is CCCCCC/C=C\CCCCCCCC(=O)OCC(COC1OC(C(=O)O)C(O)C(O)C1OC(=O)CCCCCCCCCCC/C=C\CCCCCCCC)OC(=O)CCCCCCCCCCCCCCC. The number of aliphatic hydroxyl groups excluding tert-OH is 2. The van der Waals surface area contributed by atoms with Gasteiger partial charge in [-0.05, 0) is 70.6 Å². The topological polar surface area (TPSA) is 175 Å². The molecule has 6 atom stereocenters. The zero-order chi connectivity index (χ0) is 54.7. The fourth-order valence-corrected chi connectivity index (χ4v) is 9.65. The van der Waals surface area contributed by atoms with Gasteiger partial charge in [0.25, 0.3) is 0 Å². The first-order valence-electron chi connectivity index (χ1n) is 31.3. The number of aliphatic hydroxyl groups is 2. The predicted molar refractivity (Wildman–Crippen MR) is 303 cm³/mol. The van der Waals surface area contributed by atoms with Gasteiger partial charge >= 0.3 is 23.9 Å². The molecule has 1 aliphatic heterocycles. The number of ether oxygens (including phenoxy) is 5.